The lowest BCUT2D eigenvalue weighted by Crippen LogP contribution is -2.47. The Hall–Kier alpha value is -3.99. The zero-order chi connectivity index (χ0) is 24.1. The summed E-state index contributed by atoms with van der Waals surface area (Å²) in [6.07, 6.45) is 1.31. The Kier molecular flexibility index (Phi) is 7.02. The van der Waals surface area contributed by atoms with Gasteiger partial charge >= 0.3 is 18.0 Å². The molecule has 11 heteroatoms. The molecule has 3 aromatic rings. The number of amides is 2. The first-order valence-corrected chi connectivity index (χ1v) is 11.5. The number of benzene rings is 1. The van der Waals surface area contributed by atoms with Gasteiger partial charge in [0.15, 0.2) is 0 Å². The number of fused-ring (bicyclic) bond motifs is 1. The van der Waals surface area contributed by atoms with E-state index in [0.717, 1.165) is 0 Å². The van der Waals surface area contributed by atoms with Gasteiger partial charge in [-0.1, -0.05) is 30.3 Å². The molecule has 1 unspecified atom stereocenters. The predicted octanol–water partition coefficient (Wildman–Crippen LogP) is 2.26. The standard InChI is InChI=1S/C23H22N4O6S/c1-2-32-22(30)18-16(25-23(31)26-19(18)14-6-4-3-5-7-14)12-33-17(28)8-10-27-13-24-20-15(21(27)29)9-11-34-20/h3-7,9,11,13,19H,2,8,10,12H2,1H3,(H2,25,26,31). The number of aromatic nitrogens is 2. The van der Waals surface area contributed by atoms with E-state index in [-0.39, 0.29) is 43.0 Å². The summed E-state index contributed by atoms with van der Waals surface area (Å²) in [5.74, 6) is -1.23. The summed E-state index contributed by atoms with van der Waals surface area (Å²) in [6, 6.07) is 9.34. The molecular weight excluding hydrogens is 460 g/mol. The fourth-order valence-electron chi connectivity index (χ4n) is 3.57. The summed E-state index contributed by atoms with van der Waals surface area (Å²) in [4.78, 5) is 54.7. The third-order valence-corrected chi connectivity index (χ3v) is 5.99. The first kappa shape index (κ1) is 23.2. The van der Waals surface area contributed by atoms with Crippen LogP contribution >= 0.6 is 11.3 Å². The Balaban J connectivity index is 1.49. The zero-order valence-corrected chi connectivity index (χ0v) is 19.1. The molecule has 34 heavy (non-hydrogen) atoms. The van der Waals surface area contributed by atoms with Crippen molar-refractivity contribution >= 4 is 39.5 Å². The monoisotopic (exact) mass is 482 g/mol. The van der Waals surface area contributed by atoms with Crippen LogP contribution in [-0.4, -0.2) is 40.7 Å². The molecule has 0 saturated heterocycles. The molecule has 0 saturated carbocycles. The highest BCUT2D eigenvalue weighted by molar-refractivity contribution is 7.16. The summed E-state index contributed by atoms with van der Waals surface area (Å²) in [6.45, 7) is 1.57. The number of thiophene rings is 1. The van der Waals surface area contributed by atoms with Crippen LogP contribution in [-0.2, 0) is 25.6 Å². The van der Waals surface area contributed by atoms with E-state index in [1.807, 2.05) is 6.07 Å². The van der Waals surface area contributed by atoms with Crippen molar-refractivity contribution in [1.29, 1.82) is 0 Å². The number of carbonyl (C=O) groups is 3. The molecule has 176 valence electrons. The zero-order valence-electron chi connectivity index (χ0n) is 18.3. The van der Waals surface area contributed by atoms with E-state index >= 15 is 0 Å². The smallest absolute Gasteiger partial charge is 0.338 e. The van der Waals surface area contributed by atoms with Gasteiger partial charge in [0.05, 0.1) is 42.1 Å². The molecule has 2 N–H and O–H groups in total. The second kappa shape index (κ2) is 10.3. The lowest BCUT2D eigenvalue weighted by Gasteiger charge is -2.29. The quantitative estimate of drug-likeness (QED) is 0.471. The summed E-state index contributed by atoms with van der Waals surface area (Å²) in [7, 11) is 0. The number of hydrogen-bond acceptors (Lipinski definition) is 8. The van der Waals surface area contributed by atoms with E-state index in [4.69, 9.17) is 9.47 Å². The molecule has 1 aromatic carbocycles. The van der Waals surface area contributed by atoms with Crippen molar-refractivity contribution in [2.45, 2.75) is 25.9 Å². The lowest BCUT2D eigenvalue weighted by molar-refractivity contribution is -0.144. The maximum absolute atomic E-state index is 12.7. The van der Waals surface area contributed by atoms with Gasteiger partial charge in [-0.15, -0.1) is 11.3 Å². The summed E-state index contributed by atoms with van der Waals surface area (Å²) in [5.41, 5.74) is 0.745. The molecule has 4 rings (SSSR count). The SMILES string of the molecule is CCOC(=O)C1=C(COC(=O)CCn2cnc3sccc3c2=O)NC(=O)NC1c1ccccc1. The Morgan fingerprint density at radius 3 is 2.71 bits per heavy atom. The molecule has 0 radical (unpaired) electrons. The number of carbonyl (C=O) groups excluding carboxylic acids is 3. The largest absolute Gasteiger partial charge is 0.463 e. The van der Waals surface area contributed by atoms with Gasteiger partial charge in [0.25, 0.3) is 5.56 Å². The fraction of sp³-hybridized carbons (Fsp3) is 0.261. The molecule has 0 fully saturated rings. The first-order chi connectivity index (χ1) is 16.5. The number of aryl methyl sites for hydroxylation is 1. The Labute approximate surface area is 198 Å². The molecule has 1 atom stereocenters. The normalized spacial score (nSPS) is 15.6. The highest BCUT2D eigenvalue weighted by Crippen LogP contribution is 2.27. The van der Waals surface area contributed by atoms with Crippen LogP contribution in [0.3, 0.4) is 0 Å². The number of urea groups is 1. The van der Waals surface area contributed by atoms with Gasteiger partial charge in [-0.05, 0) is 23.9 Å². The highest BCUT2D eigenvalue weighted by Gasteiger charge is 2.34. The third-order valence-electron chi connectivity index (χ3n) is 5.17. The van der Waals surface area contributed by atoms with Gasteiger partial charge in [-0.3, -0.25) is 14.2 Å². The van der Waals surface area contributed by atoms with Crippen molar-refractivity contribution in [2.24, 2.45) is 0 Å². The van der Waals surface area contributed by atoms with Crippen molar-refractivity contribution in [3.63, 3.8) is 0 Å². The Morgan fingerprint density at radius 1 is 1.15 bits per heavy atom. The van der Waals surface area contributed by atoms with Crippen molar-refractivity contribution in [3.05, 3.63) is 75.3 Å². The second-order valence-electron chi connectivity index (χ2n) is 7.35. The number of rotatable bonds is 8. The van der Waals surface area contributed by atoms with Gasteiger partial charge < -0.3 is 20.1 Å². The number of esters is 2. The van der Waals surface area contributed by atoms with Crippen molar-refractivity contribution < 1.29 is 23.9 Å². The average molecular weight is 483 g/mol. The minimum Gasteiger partial charge on any atom is -0.463 e. The molecule has 1 aliphatic heterocycles. The molecule has 3 heterocycles. The Morgan fingerprint density at radius 2 is 1.94 bits per heavy atom. The van der Waals surface area contributed by atoms with E-state index in [9.17, 15) is 19.2 Å². The molecule has 0 aliphatic carbocycles. The topological polar surface area (TPSA) is 129 Å². The van der Waals surface area contributed by atoms with Gasteiger partial charge in [-0.2, -0.15) is 0 Å². The molecule has 2 amide bonds. The predicted molar refractivity (Wildman–Crippen MR) is 124 cm³/mol. The van der Waals surface area contributed by atoms with Crippen LogP contribution in [0.2, 0.25) is 0 Å². The average Bonchev–Trinajstić information content (AvgIpc) is 3.32. The van der Waals surface area contributed by atoms with Gasteiger partial charge in [0.2, 0.25) is 0 Å². The lowest BCUT2D eigenvalue weighted by atomic mass is 9.95. The Bertz CT molecular complexity index is 1310. The van der Waals surface area contributed by atoms with E-state index in [1.54, 1.807) is 42.6 Å². The molecular formula is C23H22N4O6S. The van der Waals surface area contributed by atoms with E-state index in [1.165, 1.54) is 22.2 Å². The van der Waals surface area contributed by atoms with E-state index < -0.39 is 24.0 Å². The maximum atomic E-state index is 12.7. The van der Waals surface area contributed by atoms with Crippen molar-refractivity contribution in [1.82, 2.24) is 20.2 Å². The molecule has 10 nitrogen and oxygen atoms in total. The third kappa shape index (κ3) is 4.99. The summed E-state index contributed by atoms with van der Waals surface area (Å²) >= 11 is 1.36. The minimum atomic E-state index is -0.760. The van der Waals surface area contributed by atoms with Crippen molar-refractivity contribution in [3.8, 4) is 0 Å². The maximum Gasteiger partial charge on any atom is 0.338 e. The first-order valence-electron chi connectivity index (χ1n) is 10.6. The van der Waals surface area contributed by atoms with Crippen LogP contribution in [0.15, 0.2) is 64.2 Å². The van der Waals surface area contributed by atoms with Crippen molar-refractivity contribution in [2.75, 3.05) is 13.2 Å². The number of nitrogens with zero attached hydrogens (tertiary/aromatic N) is 2. The van der Waals surface area contributed by atoms with Crippen LogP contribution < -0.4 is 16.2 Å². The van der Waals surface area contributed by atoms with Gasteiger partial charge in [-0.25, -0.2) is 14.6 Å². The summed E-state index contributed by atoms with van der Waals surface area (Å²) in [5, 5.41) is 7.54. The second-order valence-corrected chi connectivity index (χ2v) is 8.24. The number of hydrogen-bond donors (Lipinski definition) is 2. The number of nitrogens with one attached hydrogen (secondary N) is 2. The van der Waals surface area contributed by atoms with Gasteiger partial charge in [0, 0.05) is 6.54 Å². The summed E-state index contributed by atoms with van der Waals surface area (Å²) < 4.78 is 11.9. The number of ether oxygens (including phenoxy) is 2. The molecule has 0 bridgehead atoms. The van der Waals surface area contributed by atoms with Crippen LogP contribution in [0.4, 0.5) is 4.79 Å². The molecule has 1 aliphatic rings. The van der Waals surface area contributed by atoms with Crippen LogP contribution in [0.1, 0.15) is 24.9 Å². The van der Waals surface area contributed by atoms with Crippen LogP contribution in [0.5, 0.6) is 0 Å². The van der Waals surface area contributed by atoms with Crippen LogP contribution in [0, 0.1) is 0 Å². The molecule has 0 spiro atoms. The van der Waals surface area contributed by atoms with E-state index in [0.29, 0.717) is 15.8 Å². The van der Waals surface area contributed by atoms with Gasteiger partial charge in [0.1, 0.15) is 11.4 Å². The fourth-order valence-corrected chi connectivity index (χ4v) is 4.29. The minimum absolute atomic E-state index is 0.0841. The molecule has 2 aromatic heterocycles. The highest BCUT2D eigenvalue weighted by atomic mass is 32.1. The van der Waals surface area contributed by atoms with E-state index in [2.05, 4.69) is 15.6 Å². The van der Waals surface area contributed by atoms with Crippen LogP contribution in [0.25, 0.3) is 10.2 Å².